The molecule has 0 spiro atoms. The quantitative estimate of drug-likeness (QED) is 0.716. The standard InChI is InChI=1S/C16H33N3O/c1-13(2)6-9-19-10-7-15(8-11-19)12-18-16(20)5-4-14(3)17/h13-15H,4-12,17H2,1-3H3,(H,18,20). The van der Waals surface area contributed by atoms with E-state index in [9.17, 15) is 4.79 Å². The van der Waals surface area contributed by atoms with E-state index >= 15 is 0 Å². The Morgan fingerprint density at radius 2 is 1.90 bits per heavy atom. The predicted molar refractivity (Wildman–Crippen MR) is 84.5 cm³/mol. The first-order valence-corrected chi connectivity index (χ1v) is 8.22. The van der Waals surface area contributed by atoms with E-state index in [1.807, 2.05) is 6.92 Å². The molecule has 1 heterocycles. The second-order valence-electron chi connectivity index (χ2n) is 6.79. The second-order valence-corrected chi connectivity index (χ2v) is 6.79. The van der Waals surface area contributed by atoms with Crippen LogP contribution in [0.5, 0.6) is 0 Å². The van der Waals surface area contributed by atoms with Crippen molar-refractivity contribution in [1.29, 1.82) is 0 Å². The third kappa shape index (κ3) is 7.85. The summed E-state index contributed by atoms with van der Waals surface area (Å²) in [6.45, 7) is 11.0. The molecule has 1 amide bonds. The molecule has 1 rings (SSSR count). The van der Waals surface area contributed by atoms with Crippen molar-refractivity contribution >= 4 is 5.91 Å². The summed E-state index contributed by atoms with van der Waals surface area (Å²) in [5.74, 6) is 1.60. The van der Waals surface area contributed by atoms with Crippen LogP contribution < -0.4 is 11.1 Å². The highest BCUT2D eigenvalue weighted by atomic mass is 16.1. The van der Waals surface area contributed by atoms with Gasteiger partial charge in [-0.1, -0.05) is 13.8 Å². The van der Waals surface area contributed by atoms with Gasteiger partial charge in [0.05, 0.1) is 0 Å². The van der Waals surface area contributed by atoms with Crippen LogP contribution in [-0.4, -0.2) is 43.0 Å². The molecular formula is C16H33N3O. The molecule has 20 heavy (non-hydrogen) atoms. The van der Waals surface area contributed by atoms with E-state index < -0.39 is 0 Å². The lowest BCUT2D eigenvalue weighted by atomic mass is 9.96. The molecule has 0 aromatic heterocycles. The van der Waals surface area contributed by atoms with Crippen molar-refractivity contribution in [1.82, 2.24) is 10.2 Å². The van der Waals surface area contributed by atoms with Crippen molar-refractivity contribution in [3.8, 4) is 0 Å². The molecule has 1 fully saturated rings. The van der Waals surface area contributed by atoms with Gasteiger partial charge in [0.1, 0.15) is 0 Å². The van der Waals surface area contributed by atoms with E-state index in [1.54, 1.807) is 0 Å². The van der Waals surface area contributed by atoms with Gasteiger partial charge in [-0.25, -0.2) is 0 Å². The minimum absolute atomic E-state index is 0.116. The molecule has 1 unspecified atom stereocenters. The van der Waals surface area contributed by atoms with Crippen molar-refractivity contribution in [2.45, 2.75) is 58.9 Å². The number of rotatable bonds is 8. The summed E-state index contributed by atoms with van der Waals surface area (Å²) >= 11 is 0. The predicted octanol–water partition coefficient (Wildman–Crippen LogP) is 1.99. The first-order valence-electron chi connectivity index (χ1n) is 8.22. The number of nitrogens with two attached hydrogens (primary N) is 1. The van der Waals surface area contributed by atoms with E-state index in [0.717, 1.165) is 18.9 Å². The maximum absolute atomic E-state index is 11.7. The van der Waals surface area contributed by atoms with Crippen molar-refractivity contribution in [3.63, 3.8) is 0 Å². The molecule has 0 radical (unpaired) electrons. The number of hydrogen-bond donors (Lipinski definition) is 2. The number of piperidine rings is 1. The van der Waals surface area contributed by atoms with Crippen LogP contribution in [0.25, 0.3) is 0 Å². The van der Waals surface area contributed by atoms with Gasteiger partial charge in [-0.2, -0.15) is 0 Å². The monoisotopic (exact) mass is 283 g/mol. The number of carbonyl (C=O) groups is 1. The Morgan fingerprint density at radius 3 is 2.45 bits per heavy atom. The van der Waals surface area contributed by atoms with Crippen molar-refractivity contribution in [2.75, 3.05) is 26.2 Å². The smallest absolute Gasteiger partial charge is 0.220 e. The highest BCUT2D eigenvalue weighted by molar-refractivity contribution is 5.75. The minimum Gasteiger partial charge on any atom is -0.356 e. The molecular weight excluding hydrogens is 250 g/mol. The fourth-order valence-corrected chi connectivity index (χ4v) is 2.56. The number of hydrogen-bond acceptors (Lipinski definition) is 3. The van der Waals surface area contributed by atoms with Crippen molar-refractivity contribution < 1.29 is 4.79 Å². The second kappa shape index (κ2) is 9.35. The largest absolute Gasteiger partial charge is 0.356 e. The topological polar surface area (TPSA) is 58.4 Å². The normalized spacial score (nSPS) is 19.2. The van der Waals surface area contributed by atoms with Gasteiger partial charge in [0.15, 0.2) is 0 Å². The number of likely N-dealkylation sites (tertiary alicyclic amines) is 1. The zero-order chi connectivity index (χ0) is 15.0. The molecule has 1 saturated heterocycles. The van der Waals surface area contributed by atoms with Crippen LogP contribution in [0.15, 0.2) is 0 Å². The third-order valence-corrected chi connectivity index (χ3v) is 4.14. The van der Waals surface area contributed by atoms with Gasteiger partial charge in [0.25, 0.3) is 0 Å². The lowest BCUT2D eigenvalue weighted by Crippen LogP contribution is -2.39. The minimum atomic E-state index is 0.116. The molecule has 118 valence electrons. The molecule has 1 aliphatic heterocycles. The molecule has 4 nitrogen and oxygen atoms in total. The zero-order valence-electron chi connectivity index (χ0n) is 13.5. The van der Waals surface area contributed by atoms with Gasteiger partial charge in [-0.05, 0) is 64.1 Å². The van der Waals surface area contributed by atoms with Crippen molar-refractivity contribution in [2.24, 2.45) is 17.6 Å². The van der Waals surface area contributed by atoms with Gasteiger partial charge in [0, 0.05) is 19.0 Å². The Kier molecular flexibility index (Phi) is 8.15. The van der Waals surface area contributed by atoms with Gasteiger partial charge in [-0.15, -0.1) is 0 Å². The summed E-state index contributed by atoms with van der Waals surface area (Å²) in [5, 5.41) is 3.06. The van der Waals surface area contributed by atoms with Crippen LogP contribution >= 0.6 is 0 Å². The van der Waals surface area contributed by atoms with E-state index in [4.69, 9.17) is 5.73 Å². The third-order valence-electron chi connectivity index (χ3n) is 4.14. The molecule has 0 saturated carbocycles. The summed E-state index contributed by atoms with van der Waals surface area (Å²) in [5.41, 5.74) is 5.66. The number of nitrogens with one attached hydrogen (secondary N) is 1. The van der Waals surface area contributed by atoms with Gasteiger partial charge in [-0.3, -0.25) is 4.79 Å². The molecule has 4 heteroatoms. The number of carbonyl (C=O) groups excluding carboxylic acids is 1. The van der Waals surface area contributed by atoms with E-state index in [-0.39, 0.29) is 11.9 Å². The number of nitrogens with zero attached hydrogens (tertiary/aromatic N) is 1. The highest BCUT2D eigenvalue weighted by Gasteiger charge is 2.19. The highest BCUT2D eigenvalue weighted by Crippen LogP contribution is 2.17. The summed E-state index contributed by atoms with van der Waals surface area (Å²) in [4.78, 5) is 14.2. The average Bonchev–Trinajstić information content (AvgIpc) is 2.41. The lowest BCUT2D eigenvalue weighted by molar-refractivity contribution is -0.121. The Balaban J connectivity index is 2.08. The van der Waals surface area contributed by atoms with Gasteiger partial charge < -0.3 is 16.0 Å². The zero-order valence-corrected chi connectivity index (χ0v) is 13.5. The Morgan fingerprint density at radius 1 is 1.25 bits per heavy atom. The Bertz CT molecular complexity index is 271. The SMILES string of the molecule is CC(C)CCN1CCC(CNC(=O)CCC(C)N)CC1. The molecule has 1 atom stereocenters. The molecule has 0 aliphatic carbocycles. The Labute approximate surface area is 124 Å². The van der Waals surface area contributed by atoms with E-state index in [0.29, 0.717) is 12.3 Å². The summed E-state index contributed by atoms with van der Waals surface area (Å²) in [6.07, 6.45) is 5.06. The summed E-state index contributed by atoms with van der Waals surface area (Å²) < 4.78 is 0. The maximum Gasteiger partial charge on any atom is 0.220 e. The van der Waals surface area contributed by atoms with E-state index in [2.05, 4.69) is 24.1 Å². The van der Waals surface area contributed by atoms with Crippen LogP contribution in [0.3, 0.4) is 0 Å². The fraction of sp³-hybridized carbons (Fsp3) is 0.938. The fourth-order valence-electron chi connectivity index (χ4n) is 2.56. The molecule has 0 aromatic rings. The van der Waals surface area contributed by atoms with Crippen LogP contribution in [0.1, 0.15) is 52.9 Å². The van der Waals surface area contributed by atoms with Crippen LogP contribution in [0, 0.1) is 11.8 Å². The number of amides is 1. The van der Waals surface area contributed by atoms with E-state index in [1.165, 1.54) is 38.9 Å². The van der Waals surface area contributed by atoms with Gasteiger partial charge in [0.2, 0.25) is 5.91 Å². The van der Waals surface area contributed by atoms with Crippen LogP contribution in [0.4, 0.5) is 0 Å². The van der Waals surface area contributed by atoms with Crippen LogP contribution in [0.2, 0.25) is 0 Å². The molecule has 0 aromatic carbocycles. The lowest BCUT2D eigenvalue weighted by Gasteiger charge is -2.32. The molecule has 0 bridgehead atoms. The summed E-state index contributed by atoms with van der Waals surface area (Å²) in [7, 11) is 0. The van der Waals surface area contributed by atoms with Crippen molar-refractivity contribution in [3.05, 3.63) is 0 Å². The molecule has 1 aliphatic rings. The maximum atomic E-state index is 11.7. The average molecular weight is 283 g/mol. The van der Waals surface area contributed by atoms with Gasteiger partial charge >= 0.3 is 0 Å². The molecule has 3 N–H and O–H groups in total. The first kappa shape index (κ1) is 17.4. The van der Waals surface area contributed by atoms with Crippen LogP contribution in [-0.2, 0) is 4.79 Å². The summed E-state index contributed by atoms with van der Waals surface area (Å²) in [6, 6.07) is 0.116. The first-order chi connectivity index (χ1) is 9.47. The Hall–Kier alpha value is -0.610.